The van der Waals surface area contributed by atoms with Crippen molar-refractivity contribution < 1.29 is 23.5 Å². The third-order valence-corrected chi connectivity index (χ3v) is 7.26. The molecule has 186 valence electrons. The molecule has 2 unspecified atom stereocenters. The van der Waals surface area contributed by atoms with Crippen LogP contribution in [-0.4, -0.2) is 58.2 Å². The summed E-state index contributed by atoms with van der Waals surface area (Å²) < 4.78 is 19.2. The van der Waals surface area contributed by atoms with Gasteiger partial charge >= 0.3 is 0 Å². The fraction of sp³-hybridized carbons (Fsp3) is 0.370. The minimum Gasteiger partial charge on any atom is -0.460 e. The molecule has 5 heterocycles. The van der Waals surface area contributed by atoms with E-state index in [0.717, 1.165) is 35.9 Å². The molecule has 36 heavy (non-hydrogen) atoms. The molecule has 0 bridgehead atoms. The van der Waals surface area contributed by atoms with Crippen molar-refractivity contribution in [2.75, 3.05) is 19.8 Å². The van der Waals surface area contributed by atoms with E-state index in [2.05, 4.69) is 17.3 Å². The maximum absolute atomic E-state index is 13.0. The van der Waals surface area contributed by atoms with Crippen LogP contribution in [-0.2, 0) is 4.74 Å². The molecule has 0 aliphatic carbocycles. The van der Waals surface area contributed by atoms with Crippen molar-refractivity contribution in [2.45, 2.75) is 45.7 Å². The SMILES string of the molecule is Cc1oc2cc(Oc3ccnn4cc(C(=O)N5CCC5C)c(C)c34)ccc2c1C(=O)NC1CCOC1. The van der Waals surface area contributed by atoms with Crippen molar-refractivity contribution in [3.63, 3.8) is 0 Å². The van der Waals surface area contributed by atoms with E-state index >= 15 is 0 Å². The average Bonchev–Trinajstić information content (AvgIpc) is 3.55. The summed E-state index contributed by atoms with van der Waals surface area (Å²) in [6.45, 7) is 7.73. The number of aryl methyl sites for hydroxylation is 2. The Morgan fingerprint density at radius 2 is 2.06 bits per heavy atom. The molecule has 1 N–H and O–H groups in total. The van der Waals surface area contributed by atoms with Crippen molar-refractivity contribution in [3.8, 4) is 11.5 Å². The van der Waals surface area contributed by atoms with Crippen LogP contribution in [0.2, 0.25) is 0 Å². The van der Waals surface area contributed by atoms with E-state index in [-0.39, 0.29) is 23.9 Å². The maximum Gasteiger partial charge on any atom is 0.256 e. The van der Waals surface area contributed by atoms with Gasteiger partial charge in [0, 0.05) is 42.9 Å². The highest BCUT2D eigenvalue weighted by Gasteiger charge is 2.31. The smallest absolute Gasteiger partial charge is 0.256 e. The summed E-state index contributed by atoms with van der Waals surface area (Å²) in [5, 5.41) is 8.15. The Balaban J connectivity index is 1.30. The molecule has 9 heteroatoms. The summed E-state index contributed by atoms with van der Waals surface area (Å²) in [4.78, 5) is 27.8. The van der Waals surface area contributed by atoms with Gasteiger partial charge in [-0.15, -0.1) is 0 Å². The fourth-order valence-corrected chi connectivity index (χ4v) is 5.07. The highest BCUT2D eigenvalue weighted by molar-refractivity contribution is 6.07. The summed E-state index contributed by atoms with van der Waals surface area (Å²) in [5.74, 6) is 1.55. The Labute approximate surface area is 207 Å². The second-order valence-corrected chi connectivity index (χ2v) is 9.62. The van der Waals surface area contributed by atoms with Crippen LogP contribution < -0.4 is 10.1 Å². The first-order valence-electron chi connectivity index (χ1n) is 12.3. The van der Waals surface area contributed by atoms with Gasteiger partial charge in [-0.2, -0.15) is 5.10 Å². The molecule has 2 saturated heterocycles. The van der Waals surface area contributed by atoms with Gasteiger partial charge < -0.3 is 24.1 Å². The summed E-state index contributed by atoms with van der Waals surface area (Å²) in [5.41, 5.74) is 3.29. The van der Waals surface area contributed by atoms with Gasteiger partial charge in [-0.3, -0.25) is 9.59 Å². The molecule has 6 rings (SSSR count). The van der Waals surface area contributed by atoms with E-state index in [0.29, 0.717) is 47.2 Å². The molecule has 3 aromatic heterocycles. The normalized spacial score (nSPS) is 19.6. The Bertz CT molecular complexity index is 1500. The van der Waals surface area contributed by atoms with Crippen molar-refractivity contribution in [1.82, 2.24) is 19.8 Å². The number of nitrogens with one attached hydrogen (secondary N) is 1. The van der Waals surface area contributed by atoms with E-state index in [1.807, 2.05) is 24.0 Å². The van der Waals surface area contributed by atoms with Gasteiger partial charge in [0.05, 0.1) is 30.0 Å². The zero-order chi connectivity index (χ0) is 25.0. The number of likely N-dealkylation sites (tertiary alicyclic amines) is 1. The molecule has 2 fully saturated rings. The molecular formula is C27H28N4O5. The number of rotatable bonds is 5. The van der Waals surface area contributed by atoms with Crippen LogP contribution in [0.5, 0.6) is 11.5 Å². The van der Waals surface area contributed by atoms with E-state index < -0.39 is 0 Å². The van der Waals surface area contributed by atoms with Crippen LogP contribution in [0, 0.1) is 13.8 Å². The molecule has 9 nitrogen and oxygen atoms in total. The lowest BCUT2D eigenvalue weighted by Crippen LogP contribution is -2.49. The predicted molar refractivity (Wildman–Crippen MR) is 133 cm³/mol. The van der Waals surface area contributed by atoms with Gasteiger partial charge in [-0.25, -0.2) is 4.52 Å². The number of hydrogen-bond acceptors (Lipinski definition) is 6. The first kappa shape index (κ1) is 22.6. The molecule has 2 aliphatic heterocycles. The van der Waals surface area contributed by atoms with Crippen LogP contribution >= 0.6 is 0 Å². The first-order valence-corrected chi connectivity index (χ1v) is 12.3. The van der Waals surface area contributed by atoms with Gasteiger partial charge in [0.1, 0.15) is 22.6 Å². The number of ether oxygens (including phenoxy) is 2. The highest BCUT2D eigenvalue weighted by Crippen LogP contribution is 2.34. The van der Waals surface area contributed by atoms with Crippen molar-refractivity contribution in [2.24, 2.45) is 0 Å². The average molecular weight is 489 g/mol. The molecule has 1 aromatic carbocycles. The van der Waals surface area contributed by atoms with Crippen LogP contribution in [0.1, 0.15) is 51.8 Å². The number of hydrogen-bond donors (Lipinski definition) is 1. The number of nitrogens with zero attached hydrogens (tertiary/aromatic N) is 3. The Morgan fingerprint density at radius 1 is 1.19 bits per heavy atom. The van der Waals surface area contributed by atoms with Crippen LogP contribution in [0.25, 0.3) is 16.5 Å². The van der Waals surface area contributed by atoms with E-state index in [9.17, 15) is 9.59 Å². The molecule has 0 radical (unpaired) electrons. The molecule has 2 atom stereocenters. The summed E-state index contributed by atoms with van der Waals surface area (Å²) >= 11 is 0. The van der Waals surface area contributed by atoms with E-state index in [1.54, 1.807) is 36.0 Å². The number of fused-ring (bicyclic) bond motifs is 2. The standard InChI is InChI=1S/C27H28N4O5/c1-15-7-10-30(15)27(33)21-13-31-25(16(21)2)22(6-9-28-31)36-19-4-5-20-23(12-19)35-17(3)24(20)26(32)29-18-8-11-34-14-18/h4-6,9,12-13,15,18H,7-8,10-11,14H2,1-3H3,(H,29,32). The number of benzene rings is 1. The first-order chi connectivity index (χ1) is 17.4. The van der Waals surface area contributed by atoms with Gasteiger partial charge in [0.25, 0.3) is 11.8 Å². The number of carbonyl (C=O) groups excluding carboxylic acids is 2. The quantitative estimate of drug-likeness (QED) is 0.451. The largest absolute Gasteiger partial charge is 0.460 e. The predicted octanol–water partition coefficient (Wildman–Crippen LogP) is 4.24. The van der Waals surface area contributed by atoms with E-state index in [1.165, 1.54) is 0 Å². The minimum absolute atomic E-state index is 0.0184. The monoisotopic (exact) mass is 488 g/mol. The fourth-order valence-electron chi connectivity index (χ4n) is 5.07. The summed E-state index contributed by atoms with van der Waals surface area (Å²) in [7, 11) is 0. The van der Waals surface area contributed by atoms with Gasteiger partial charge in [-0.05, 0) is 51.3 Å². The zero-order valence-corrected chi connectivity index (χ0v) is 20.5. The molecule has 0 spiro atoms. The van der Waals surface area contributed by atoms with Crippen molar-refractivity contribution in [1.29, 1.82) is 0 Å². The van der Waals surface area contributed by atoms with E-state index in [4.69, 9.17) is 13.9 Å². The topological polar surface area (TPSA) is 98.3 Å². The molecule has 4 aromatic rings. The molecule has 2 amide bonds. The van der Waals surface area contributed by atoms with Gasteiger partial charge in [0.15, 0.2) is 5.75 Å². The Hall–Kier alpha value is -3.85. The van der Waals surface area contributed by atoms with Crippen LogP contribution in [0.3, 0.4) is 0 Å². The lowest BCUT2D eigenvalue weighted by atomic mass is 10.0. The zero-order valence-electron chi connectivity index (χ0n) is 20.5. The molecular weight excluding hydrogens is 460 g/mol. The van der Waals surface area contributed by atoms with Crippen molar-refractivity contribution >= 4 is 28.3 Å². The summed E-state index contributed by atoms with van der Waals surface area (Å²) in [6.07, 6.45) is 5.25. The Morgan fingerprint density at radius 3 is 2.78 bits per heavy atom. The lowest BCUT2D eigenvalue weighted by molar-refractivity contribution is 0.0501. The number of carbonyl (C=O) groups is 2. The third-order valence-electron chi connectivity index (χ3n) is 7.26. The van der Waals surface area contributed by atoms with Crippen LogP contribution in [0.15, 0.2) is 41.1 Å². The second-order valence-electron chi connectivity index (χ2n) is 9.62. The van der Waals surface area contributed by atoms with Gasteiger partial charge in [0.2, 0.25) is 0 Å². The maximum atomic E-state index is 13.0. The van der Waals surface area contributed by atoms with Crippen LogP contribution in [0.4, 0.5) is 0 Å². The molecule has 0 saturated carbocycles. The highest BCUT2D eigenvalue weighted by atomic mass is 16.5. The number of amides is 2. The number of aromatic nitrogens is 2. The second kappa shape index (κ2) is 8.67. The summed E-state index contributed by atoms with van der Waals surface area (Å²) in [6, 6.07) is 7.49. The Kier molecular flexibility index (Phi) is 5.44. The molecule has 2 aliphatic rings. The van der Waals surface area contributed by atoms with Gasteiger partial charge in [-0.1, -0.05) is 0 Å². The number of furan rings is 1. The van der Waals surface area contributed by atoms with Crippen molar-refractivity contribution in [3.05, 3.63) is 59.1 Å². The third kappa shape index (κ3) is 3.71. The lowest BCUT2D eigenvalue weighted by Gasteiger charge is -2.38. The minimum atomic E-state index is -0.163.